The quantitative estimate of drug-likeness (QED) is 0.743. The first-order valence-corrected chi connectivity index (χ1v) is 11.3. The van der Waals surface area contributed by atoms with Crippen molar-refractivity contribution < 1.29 is 19.1 Å². The number of hydrogen-bond acceptors (Lipinski definition) is 4. The topological polar surface area (TPSA) is 59.1 Å². The second-order valence-corrected chi connectivity index (χ2v) is 9.31. The monoisotopic (exact) mass is 414 g/mol. The molecule has 164 valence electrons. The standard InChI is InChI=1S/C24H34N2O4/c1-17-15-26(16-18(2)30-17)23(28)20-14-24(20)10-12-25(13-11-24)22(27)9-8-19-6-4-5-7-21(19)29-3/h4-7,17-18,20H,8-16H2,1-3H3/t17-,18+,20-/m1/s1. The van der Waals surface area contributed by atoms with Crippen molar-refractivity contribution in [1.82, 2.24) is 9.80 Å². The molecule has 3 fully saturated rings. The van der Waals surface area contributed by atoms with Gasteiger partial charge in [0.05, 0.1) is 19.3 Å². The van der Waals surface area contributed by atoms with E-state index in [0.717, 1.165) is 43.7 Å². The van der Waals surface area contributed by atoms with Gasteiger partial charge in [0.15, 0.2) is 0 Å². The van der Waals surface area contributed by atoms with Crippen molar-refractivity contribution in [2.24, 2.45) is 11.3 Å². The molecule has 1 aliphatic carbocycles. The molecular weight excluding hydrogens is 380 g/mol. The van der Waals surface area contributed by atoms with Crippen LogP contribution in [0.15, 0.2) is 24.3 Å². The van der Waals surface area contributed by atoms with Crippen molar-refractivity contribution in [3.63, 3.8) is 0 Å². The Morgan fingerprint density at radius 2 is 1.77 bits per heavy atom. The van der Waals surface area contributed by atoms with Crippen molar-refractivity contribution in [3.05, 3.63) is 29.8 Å². The van der Waals surface area contributed by atoms with E-state index in [9.17, 15) is 9.59 Å². The average molecular weight is 415 g/mol. The Hall–Kier alpha value is -2.08. The summed E-state index contributed by atoms with van der Waals surface area (Å²) in [6, 6.07) is 7.88. The van der Waals surface area contributed by atoms with Crippen LogP contribution in [0.25, 0.3) is 0 Å². The maximum absolute atomic E-state index is 13.0. The Morgan fingerprint density at radius 1 is 1.10 bits per heavy atom. The lowest BCUT2D eigenvalue weighted by molar-refractivity contribution is -0.145. The van der Waals surface area contributed by atoms with E-state index in [1.807, 2.05) is 47.9 Å². The molecule has 2 amide bonds. The molecule has 0 unspecified atom stereocenters. The first-order valence-electron chi connectivity index (χ1n) is 11.3. The zero-order chi connectivity index (χ0) is 21.3. The molecule has 2 aliphatic heterocycles. The highest BCUT2D eigenvalue weighted by Gasteiger charge is 2.59. The number of rotatable bonds is 5. The minimum Gasteiger partial charge on any atom is -0.496 e. The van der Waals surface area contributed by atoms with Crippen molar-refractivity contribution >= 4 is 11.8 Å². The second kappa shape index (κ2) is 8.58. The lowest BCUT2D eigenvalue weighted by atomic mass is 9.90. The highest BCUT2D eigenvalue weighted by atomic mass is 16.5. The number of methoxy groups -OCH3 is 1. The summed E-state index contributed by atoms with van der Waals surface area (Å²) >= 11 is 0. The lowest BCUT2D eigenvalue weighted by Gasteiger charge is -2.37. The van der Waals surface area contributed by atoms with Crippen molar-refractivity contribution in [3.8, 4) is 5.75 Å². The Balaban J connectivity index is 1.26. The van der Waals surface area contributed by atoms with Crippen LogP contribution in [0.3, 0.4) is 0 Å². The summed E-state index contributed by atoms with van der Waals surface area (Å²) in [5, 5.41) is 0. The minimum absolute atomic E-state index is 0.107. The molecule has 30 heavy (non-hydrogen) atoms. The number of carbonyl (C=O) groups is 2. The van der Waals surface area contributed by atoms with Crippen LogP contribution in [0.2, 0.25) is 0 Å². The number of para-hydroxylation sites is 1. The second-order valence-electron chi connectivity index (χ2n) is 9.31. The smallest absolute Gasteiger partial charge is 0.226 e. The fraction of sp³-hybridized carbons (Fsp3) is 0.667. The predicted molar refractivity (Wildman–Crippen MR) is 114 cm³/mol. The van der Waals surface area contributed by atoms with E-state index in [-0.39, 0.29) is 29.4 Å². The normalized spacial score (nSPS) is 27.8. The number of ether oxygens (including phenoxy) is 2. The highest BCUT2D eigenvalue weighted by Crippen LogP contribution is 2.60. The summed E-state index contributed by atoms with van der Waals surface area (Å²) in [6.45, 7) is 7.00. The van der Waals surface area contributed by atoms with Gasteiger partial charge in [0.1, 0.15) is 5.75 Å². The summed E-state index contributed by atoms with van der Waals surface area (Å²) in [5.41, 5.74) is 1.20. The molecule has 0 radical (unpaired) electrons. The van der Waals surface area contributed by atoms with Gasteiger partial charge in [0.25, 0.3) is 0 Å². The Morgan fingerprint density at radius 3 is 2.43 bits per heavy atom. The molecule has 4 rings (SSSR count). The third kappa shape index (κ3) is 4.34. The number of benzene rings is 1. The molecule has 3 atom stereocenters. The van der Waals surface area contributed by atoms with Crippen LogP contribution in [-0.2, 0) is 20.7 Å². The molecule has 1 spiro atoms. The van der Waals surface area contributed by atoms with Crippen LogP contribution in [-0.4, -0.2) is 67.1 Å². The first-order chi connectivity index (χ1) is 14.4. The van der Waals surface area contributed by atoms with Crippen LogP contribution in [0.5, 0.6) is 5.75 Å². The van der Waals surface area contributed by atoms with Gasteiger partial charge >= 0.3 is 0 Å². The highest BCUT2D eigenvalue weighted by molar-refractivity contribution is 5.83. The van der Waals surface area contributed by atoms with E-state index in [1.54, 1.807) is 7.11 Å². The number of nitrogens with zero attached hydrogens (tertiary/aromatic N) is 2. The zero-order valence-electron chi connectivity index (χ0n) is 18.4. The molecular formula is C24H34N2O4. The van der Waals surface area contributed by atoms with Gasteiger partial charge in [-0.1, -0.05) is 18.2 Å². The number of piperidine rings is 1. The molecule has 1 aromatic carbocycles. The molecule has 2 saturated heterocycles. The molecule has 0 N–H and O–H groups in total. The van der Waals surface area contributed by atoms with Gasteiger partial charge in [-0.05, 0) is 56.6 Å². The van der Waals surface area contributed by atoms with Gasteiger partial charge in [-0.15, -0.1) is 0 Å². The van der Waals surface area contributed by atoms with Crippen LogP contribution in [0, 0.1) is 11.3 Å². The summed E-state index contributed by atoms with van der Waals surface area (Å²) < 4.78 is 11.2. The maximum Gasteiger partial charge on any atom is 0.226 e. The molecule has 1 aromatic rings. The number of likely N-dealkylation sites (tertiary alicyclic amines) is 1. The molecule has 6 heteroatoms. The van der Waals surface area contributed by atoms with Gasteiger partial charge < -0.3 is 19.3 Å². The number of carbonyl (C=O) groups excluding carboxylic acids is 2. The SMILES string of the molecule is COc1ccccc1CCC(=O)N1CCC2(CC1)C[C@@H]2C(=O)N1C[C@@H](C)O[C@@H](C)C1. The van der Waals surface area contributed by atoms with E-state index >= 15 is 0 Å². The van der Waals surface area contributed by atoms with E-state index in [1.165, 1.54) is 0 Å². The molecule has 6 nitrogen and oxygen atoms in total. The van der Waals surface area contributed by atoms with E-state index in [0.29, 0.717) is 31.8 Å². The van der Waals surface area contributed by atoms with E-state index in [2.05, 4.69) is 0 Å². The van der Waals surface area contributed by atoms with Crippen LogP contribution >= 0.6 is 0 Å². The van der Waals surface area contributed by atoms with Crippen LogP contribution in [0.4, 0.5) is 0 Å². The van der Waals surface area contributed by atoms with Gasteiger partial charge in [0.2, 0.25) is 11.8 Å². The Labute approximate surface area is 179 Å². The fourth-order valence-electron chi connectivity index (χ4n) is 5.34. The van der Waals surface area contributed by atoms with Gasteiger partial charge in [-0.2, -0.15) is 0 Å². The lowest BCUT2D eigenvalue weighted by Crippen LogP contribution is -2.49. The first kappa shape index (κ1) is 21.2. The molecule has 1 saturated carbocycles. The Bertz CT molecular complexity index is 777. The number of hydrogen-bond donors (Lipinski definition) is 0. The third-order valence-corrected chi connectivity index (χ3v) is 7.13. The van der Waals surface area contributed by atoms with Crippen LogP contribution < -0.4 is 4.74 Å². The summed E-state index contributed by atoms with van der Waals surface area (Å²) in [5.74, 6) is 1.48. The summed E-state index contributed by atoms with van der Waals surface area (Å²) in [6.07, 6.45) is 4.27. The largest absolute Gasteiger partial charge is 0.496 e. The number of amides is 2. The summed E-state index contributed by atoms with van der Waals surface area (Å²) in [7, 11) is 1.66. The van der Waals surface area contributed by atoms with E-state index < -0.39 is 0 Å². The summed E-state index contributed by atoms with van der Waals surface area (Å²) in [4.78, 5) is 29.8. The number of aryl methyl sites for hydroxylation is 1. The average Bonchev–Trinajstić information content (AvgIpc) is 3.44. The van der Waals surface area contributed by atoms with Crippen molar-refractivity contribution in [2.45, 2.75) is 58.2 Å². The van der Waals surface area contributed by atoms with Crippen LogP contribution in [0.1, 0.15) is 45.1 Å². The molecule has 3 aliphatic rings. The van der Waals surface area contributed by atoms with Gasteiger partial charge in [0, 0.05) is 38.5 Å². The predicted octanol–water partition coefficient (Wildman–Crippen LogP) is 2.89. The van der Waals surface area contributed by atoms with Crippen molar-refractivity contribution in [1.29, 1.82) is 0 Å². The third-order valence-electron chi connectivity index (χ3n) is 7.13. The zero-order valence-corrected chi connectivity index (χ0v) is 18.4. The van der Waals surface area contributed by atoms with Gasteiger partial charge in [-0.3, -0.25) is 9.59 Å². The fourth-order valence-corrected chi connectivity index (χ4v) is 5.34. The minimum atomic E-state index is 0.107. The van der Waals surface area contributed by atoms with Gasteiger partial charge in [-0.25, -0.2) is 0 Å². The number of morpholine rings is 1. The Kier molecular flexibility index (Phi) is 6.05. The van der Waals surface area contributed by atoms with E-state index in [4.69, 9.17) is 9.47 Å². The van der Waals surface area contributed by atoms with Crippen molar-refractivity contribution in [2.75, 3.05) is 33.3 Å². The molecule has 0 aromatic heterocycles. The molecule has 2 heterocycles. The molecule has 0 bridgehead atoms. The maximum atomic E-state index is 13.0.